The molecule has 0 radical (unpaired) electrons. The molecule has 2 aromatic heterocycles. The van der Waals surface area contributed by atoms with Crippen LogP contribution in [0.25, 0.3) is 11.4 Å². The fraction of sp³-hybridized carbons (Fsp3) is 0.438. The quantitative estimate of drug-likeness (QED) is 0.763. The maximum absolute atomic E-state index is 5.45. The molecule has 0 amide bonds. The predicted molar refractivity (Wildman–Crippen MR) is 90.9 cm³/mol. The third kappa shape index (κ3) is 2.94. The molecule has 0 atom stereocenters. The molecule has 110 valence electrons. The highest BCUT2D eigenvalue weighted by atomic mass is 79.9. The predicted octanol–water partition coefficient (Wildman–Crippen LogP) is 5.18. The first-order valence-electron chi connectivity index (χ1n) is 7.43. The van der Waals surface area contributed by atoms with Gasteiger partial charge in [-0.25, -0.2) is 4.98 Å². The molecule has 0 unspecified atom stereocenters. The second-order valence-electron chi connectivity index (χ2n) is 5.49. The maximum atomic E-state index is 5.45. The van der Waals surface area contributed by atoms with E-state index in [0.717, 1.165) is 22.3 Å². The van der Waals surface area contributed by atoms with Crippen molar-refractivity contribution >= 4 is 28.1 Å². The Morgan fingerprint density at radius 2 is 2.14 bits per heavy atom. The minimum atomic E-state index is 0.565. The van der Waals surface area contributed by atoms with Crippen molar-refractivity contribution in [3.05, 3.63) is 38.8 Å². The van der Waals surface area contributed by atoms with Crippen LogP contribution in [-0.4, -0.2) is 15.0 Å². The Labute approximate surface area is 138 Å². The van der Waals surface area contributed by atoms with E-state index in [4.69, 9.17) is 12.2 Å². The van der Waals surface area contributed by atoms with Crippen molar-refractivity contribution in [1.29, 1.82) is 0 Å². The van der Waals surface area contributed by atoms with Gasteiger partial charge < -0.3 is 4.98 Å². The average Bonchev–Trinajstić information content (AvgIpc) is 3.04. The minimum absolute atomic E-state index is 0.565. The van der Waals surface area contributed by atoms with Crippen LogP contribution < -0.4 is 0 Å². The lowest BCUT2D eigenvalue weighted by Crippen LogP contribution is -2.04. The van der Waals surface area contributed by atoms with Gasteiger partial charge in [0.1, 0.15) is 10.5 Å². The molecule has 0 aromatic carbocycles. The molecule has 5 heteroatoms. The lowest BCUT2D eigenvalue weighted by Gasteiger charge is -2.15. The van der Waals surface area contributed by atoms with Crippen molar-refractivity contribution in [2.24, 2.45) is 0 Å². The van der Waals surface area contributed by atoms with Crippen molar-refractivity contribution in [2.45, 2.75) is 44.9 Å². The van der Waals surface area contributed by atoms with Gasteiger partial charge in [-0.3, -0.25) is 4.98 Å². The van der Waals surface area contributed by atoms with Crippen LogP contribution in [0, 0.1) is 4.64 Å². The van der Waals surface area contributed by atoms with Gasteiger partial charge in [-0.05, 0) is 46.8 Å². The minimum Gasteiger partial charge on any atom is -0.342 e. The molecule has 1 aliphatic carbocycles. The molecule has 2 heterocycles. The Hall–Kier alpha value is -1.07. The molecule has 0 saturated heterocycles. The summed E-state index contributed by atoms with van der Waals surface area (Å²) in [4.78, 5) is 12.3. The van der Waals surface area contributed by atoms with Gasteiger partial charge in [0.25, 0.3) is 0 Å². The van der Waals surface area contributed by atoms with Crippen LogP contribution in [-0.2, 0) is 6.42 Å². The zero-order valence-corrected chi connectivity index (χ0v) is 14.4. The molecule has 1 aliphatic rings. The number of aryl methyl sites for hydroxylation is 1. The number of halogens is 1. The zero-order valence-electron chi connectivity index (χ0n) is 12.0. The molecule has 0 bridgehead atoms. The molecular formula is C16H18BrN3S. The van der Waals surface area contributed by atoms with E-state index >= 15 is 0 Å². The van der Waals surface area contributed by atoms with Gasteiger partial charge in [-0.2, -0.15) is 0 Å². The van der Waals surface area contributed by atoms with Crippen LogP contribution in [0.1, 0.15) is 49.8 Å². The summed E-state index contributed by atoms with van der Waals surface area (Å²) in [5, 5.41) is 0. The van der Waals surface area contributed by atoms with Gasteiger partial charge in [-0.15, -0.1) is 0 Å². The van der Waals surface area contributed by atoms with E-state index in [1.807, 2.05) is 18.5 Å². The first-order chi connectivity index (χ1) is 10.2. The lowest BCUT2D eigenvalue weighted by molar-refractivity contribution is 0.689. The highest BCUT2D eigenvalue weighted by molar-refractivity contribution is 9.10. The van der Waals surface area contributed by atoms with Gasteiger partial charge in [-0.1, -0.05) is 32.0 Å². The molecule has 3 nitrogen and oxygen atoms in total. The maximum Gasteiger partial charge on any atom is 0.144 e. The van der Waals surface area contributed by atoms with Crippen molar-refractivity contribution in [2.75, 3.05) is 0 Å². The summed E-state index contributed by atoms with van der Waals surface area (Å²) in [6.45, 7) is 2.13. The number of H-pyrrole nitrogens is 1. The van der Waals surface area contributed by atoms with E-state index in [-0.39, 0.29) is 0 Å². The van der Waals surface area contributed by atoms with E-state index in [2.05, 4.69) is 37.8 Å². The largest absolute Gasteiger partial charge is 0.342 e. The highest BCUT2D eigenvalue weighted by Crippen LogP contribution is 2.37. The number of rotatable bonds is 3. The van der Waals surface area contributed by atoms with E-state index in [1.165, 1.54) is 36.9 Å². The molecular weight excluding hydrogens is 346 g/mol. The molecule has 1 N–H and O–H groups in total. The summed E-state index contributed by atoms with van der Waals surface area (Å²) in [5.41, 5.74) is 3.50. The average molecular weight is 364 g/mol. The summed E-state index contributed by atoms with van der Waals surface area (Å²) < 4.78 is 1.60. The molecule has 1 saturated carbocycles. The highest BCUT2D eigenvalue weighted by Gasteiger charge is 2.22. The zero-order chi connectivity index (χ0) is 14.8. The van der Waals surface area contributed by atoms with Crippen molar-refractivity contribution in [3.8, 4) is 11.4 Å². The third-order valence-corrected chi connectivity index (χ3v) is 5.55. The number of pyridine rings is 1. The van der Waals surface area contributed by atoms with Crippen LogP contribution in [0.5, 0.6) is 0 Å². The number of aromatic nitrogens is 3. The molecule has 0 spiro atoms. The van der Waals surface area contributed by atoms with Crippen molar-refractivity contribution < 1.29 is 0 Å². The SMILES string of the molecule is CCc1cnccc1-c1nc(=S)c(Br)c(C2CCCC2)[nH]1. The topological polar surface area (TPSA) is 41.6 Å². The molecule has 1 fully saturated rings. The summed E-state index contributed by atoms with van der Waals surface area (Å²) in [7, 11) is 0. The van der Waals surface area contributed by atoms with Gasteiger partial charge >= 0.3 is 0 Å². The first kappa shape index (κ1) is 14.9. The summed E-state index contributed by atoms with van der Waals surface area (Å²) in [6, 6.07) is 2.01. The second kappa shape index (κ2) is 6.36. The Kier molecular flexibility index (Phi) is 4.50. The molecule has 2 aromatic rings. The van der Waals surface area contributed by atoms with Gasteiger partial charge in [0.2, 0.25) is 0 Å². The van der Waals surface area contributed by atoms with Gasteiger partial charge in [0.15, 0.2) is 0 Å². The van der Waals surface area contributed by atoms with Crippen molar-refractivity contribution in [1.82, 2.24) is 15.0 Å². The normalized spacial score (nSPS) is 15.5. The van der Waals surface area contributed by atoms with E-state index in [1.54, 1.807) is 0 Å². The van der Waals surface area contributed by atoms with Crippen LogP contribution in [0.2, 0.25) is 0 Å². The van der Waals surface area contributed by atoms with Crippen LogP contribution in [0.3, 0.4) is 0 Å². The number of nitrogens with one attached hydrogen (secondary N) is 1. The van der Waals surface area contributed by atoms with E-state index in [0.29, 0.717) is 10.6 Å². The molecule has 21 heavy (non-hydrogen) atoms. The number of hydrogen-bond acceptors (Lipinski definition) is 3. The number of nitrogens with zero attached hydrogens (tertiary/aromatic N) is 2. The molecule has 3 rings (SSSR count). The monoisotopic (exact) mass is 363 g/mol. The second-order valence-corrected chi connectivity index (χ2v) is 6.67. The smallest absolute Gasteiger partial charge is 0.144 e. The first-order valence-corrected chi connectivity index (χ1v) is 8.63. The van der Waals surface area contributed by atoms with Crippen LogP contribution in [0.15, 0.2) is 22.9 Å². The molecule has 0 aliphatic heterocycles. The fourth-order valence-corrected chi connectivity index (χ4v) is 3.75. The Bertz CT molecular complexity index is 705. The lowest BCUT2D eigenvalue weighted by atomic mass is 10.0. The Balaban J connectivity index is 2.13. The van der Waals surface area contributed by atoms with Crippen LogP contribution in [0.4, 0.5) is 0 Å². The summed E-state index contributed by atoms with van der Waals surface area (Å²) >= 11 is 9.07. The Morgan fingerprint density at radius 1 is 1.38 bits per heavy atom. The van der Waals surface area contributed by atoms with Gasteiger partial charge in [0, 0.05) is 29.6 Å². The van der Waals surface area contributed by atoms with Gasteiger partial charge in [0.05, 0.1) is 4.47 Å². The van der Waals surface area contributed by atoms with E-state index in [9.17, 15) is 0 Å². The van der Waals surface area contributed by atoms with Crippen LogP contribution >= 0.6 is 28.1 Å². The summed E-state index contributed by atoms with van der Waals surface area (Å²) in [6.07, 6.45) is 9.69. The fourth-order valence-electron chi connectivity index (χ4n) is 3.04. The Morgan fingerprint density at radius 3 is 2.86 bits per heavy atom. The third-order valence-electron chi connectivity index (χ3n) is 4.19. The van der Waals surface area contributed by atoms with Crippen molar-refractivity contribution in [3.63, 3.8) is 0 Å². The number of aromatic amines is 1. The standard InChI is InChI=1S/C16H18BrN3S/c1-2-10-9-18-8-7-12(10)15-19-14(11-5-3-4-6-11)13(17)16(21)20-15/h7-9,11H,2-6H2,1H3,(H,19,20,21). The number of hydrogen-bond donors (Lipinski definition) is 1. The summed E-state index contributed by atoms with van der Waals surface area (Å²) in [5.74, 6) is 1.43. The van der Waals surface area contributed by atoms with E-state index < -0.39 is 0 Å².